The fourth-order valence-electron chi connectivity index (χ4n) is 2.72. The lowest BCUT2D eigenvalue weighted by atomic mass is 10.3. The maximum absolute atomic E-state index is 12.7. The van der Waals surface area contributed by atoms with Crippen molar-refractivity contribution in [3.8, 4) is 0 Å². The first kappa shape index (κ1) is 19.9. The Labute approximate surface area is 170 Å². The van der Waals surface area contributed by atoms with E-state index in [-0.39, 0.29) is 11.2 Å². The summed E-state index contributed by atoms with van der Waals surface area (Å²) in [7, 11) is -3.48. The minimum Gasteiger partial charge on any atom is -0.339 e. The fourth-order valence-corrected chi connectivity index (χ4v) is 7.28. The van der Waals surface area contributed by atoms with Crippen LogP contribution in [0.4, 0.5) is 0 Å². The number of piperazine rings is 1. The lowest BCUT2D eigenvalue weighted by molar-refractivity contribution is -0.131. The average molecular weight is 475 g/mol. The zero-order chi connectivity index (χ0) is 18.7. The van der Waals surface area contributed by atoms with Crippen LogP contribution < -0.4 is 0 Å². The number of thioether (sulfide) groups is 1. The van der Waals surface area contributed by atoms with E-state index in [1.54, 1.807) is 17.0 Å². The Bertz CT molecular complexity index is 862. The summed E-state index contributed by atoms with van der Waals surface area (Å²) < 4.78 is 27.9. The van der Waals surface area contributed by atoms with E-state index in [9.17, 15) is 13.2 Å². The molecule has 1 fully saturated rings. The number of thiophene rings is 1. The van der Waals surface area contributed by atoms with Crippen molar-refractivity contribution < 1.29 is 13.2 Å². The van der Waals surface area contributed by atoms with E-state index in [1.807, 2.05) is 37.3 Å². The number of hydrogen-bond donors (Lipinski definition) is 0. The molecule has 1 unspecified atom stereocenters. The van der Waals surface area contributed by atoms with Crippen LogP contribution in [-0.2, 0) is 14.8 Å². The first-order valence-electron chi connectivity index (χ1n) is 8.14. The van der Waals surface area contributed by atoms with Crippen molar-refractivity contribution in [1.29, 1.82) is 0 Å². The molecule has 1 saturated heterocycles. The van der Waals surface area contributed by atoms with Crippen LogP contribution in [0.1, 0.15) is 6.92 Å². The molecular formula is C17H19BrN2O3S3. The van der Waals surface area contributed by atoms with E-state index >= 15 is 0 Å². The Kier molecular flexibility index (Phi) is 6.45. The second kappa shape index (κ2) is 8.43. The number of halogens is 1. The highest BCUT2D eigenvalue weighted by Crippen LogP contribution is 2.29. The quantitative estimate of drug-likeness (QED) is 0.621. The van der Waals surface area contributed by atoms with Gasteiger partial charge in [0.2, 0.25) is 5.91 Å². The van der Waals surface area contributed by atoms with E-state index in [1.165, 1.54) is 27.4 Å². The van der Waals surface area contributed by atoms with Crippen molar-refractivity contribution in [2.75, 3.05) is 26.2 Å². The molecule has 0 bridgehead atoms. The van der Waals surface area contributed by atoms with Crippen LogP contribution in [0.2, 0.25) is 0 Å². The second-order valence-corrected chi connectivity index (χ2v) is 11.9. The molecule has 3 rings (SSSR count). The molecule has 5 nitrogen and oxygen atoms in total. The molecule has 1 atom stereocenters. The number of carbonyl (C=O) groups is 1. The van der Waals surface area contributed by atoms with Crippen LogP contribution in [0.5, 0.6) is 0 Å². The third-order valence-electron chi connectivity index (χ3n) is 4.10. The molecule has 1 aromatic carbocycles. The van der Waals surface area contributed by atoms with Gasteiger partial charge in [0, 0.05) is 31.1 Å². The lowest BCUT2D eigenvalue weighted by Gasteiger charge is -2.34. The predicted octanol–water partition coefficient (Wildman–Crippen LogP) is 3.52. The molecule has 9 heteroatoms. The molecule has 2 heterocycles. The number of nitrogens with zero attached hydrogens (tertiary/aromatic N) is 2. The molecule has 26 heavy (non-hydrogen) atoms. The number of carbonyl (C=O) groups excluding carboxylic acids is 1. The summed E-state index contributed by atoms with van der Waals surface area (Å²) in [4.78, 5) is 15.5. The van der Waals surface area contributed by atoms with Gasteiger partial charge in [-0.1, -0.05) is 18.2 Å². The van der Waals surface area contributed by atoms with Crippen molar-refractivity contribution >= 4 is 55.0 Å². The topological polar surface area (TPSA) is 57.7 Å². The van der Waals surface area contributed by atoms with E-state index in [0.717, 1.165) is 8.68 Å². The molecule has 0 spiro atoms. The molecule has 1 amide bonds. The Balaban J connectivity index is 1.58. The van der Waals surface area contributed by atoms with Gasteiger partial charge in [-0.2, -0.15) is 4.31 Å². The van der Waals surface area contributed by atoms with Crippen molar-refractivity contribution in [1.82, 2.24) is 9.21 Å². The van der Waals surface area contributed by atoms with Gasteiger partial charge in [0.25, 0.3) is 10.0 Å². The Morgan fingerprint density at radius 3 is 2.35 bits per heavy atom. The summed E-state index contributed by atoms with van der Waals surface area (Å²) in [6.45, 7) is 3.39. The van der Waals surface area contributed by atoms with Gasteiger partial charge in [0.15, 0.2) is 0 Å². The van der Waals surface area contributed by atoms with Gasteiger partial charge in [-0.25, -0.2) is 8.42 Å². The highest BCUT2D eigenvalue weighted by molar-refractivity contribution is 9.11. The zero-order valence-electron chi connectivity index (χ0n) is 14.2. The Hall–Kier alpha value is -0.870. The average Bonchev–Trinajstić information content (AvgIpc) is 3.09. The maximum atomic E-state index is 12.7. The van der Waals surface area contributed by atoms with Crippen LogP contribution in [0.15, 0.2) is 55.4 Å². The molecular weight excluding hydrogens is 456 g/mol. The van der Waals surface area contributed by atoms with Crippen molar-refractivity contribution in [2.24, 2.45) is 0 Å². The van der Waals surface area contributed by atoms with E-state index < -0.39 is 10.0 Å². The molecule has 1 aliphatic rings. The van der Waals surface area contributed by atoms with Gasteiger partial charge in [-0.3, -0.25) is 4.79 Å². The van der Waals surface area contributed by atoms with Crippen LogP contribution in [-0.4, -0.2) is 55.0 Å². The largest absolute Gasteiger partial charge is 0.339 e. The maximum Gasteiger partial charge on any atom is 0.252 e. The fraction of sp³-hybridized carbons (Fsp3) is 0.353. The number of hydrogen-bond acceptors (Lipinski definition) is 5. The first-order valence-corrected chi connectivity index (χ1v) is 12.1. The molecule has 2 aromatic rings. The molecule has 0 saturated carbocycles. The highest BCUT2D eigenvalue weighted by Gasteiger charge is 2.32. The standard InChI is InChI=1S/C17H19BrN2O3S3/c1-13(24-14-5-3-2-4-6-14)17(21)19-9-11-20(12-10-19)26(22,23)16-8-7-15(18)25-16/h2-8,13H,9-12H2,1H3. The number of amides is 1. The number of benzene rings is 1. The van der Waals surface area contributed by atoms with Crippen molar-refractivity contribution in [3.63, 3.8) is 0 Å². The van der Waals surface area contributed by atoms with Gasteiger partial charge in [-0.05, 0) is 47.1 Å². The molecule has 0 aliphatic carbocycles. The first-order chi connectivity index (χ1) is 12.4. The number of rotatable bonds is 5. The van der Waals surface area contributed by atoms with Gasteiger partial charge < -0.3 is 4.90 Å². The predicted molar refractivity (Wildman–Crippen MR) is 109 cm³/mol. The van der Waals surface area contributed by atoms with Gasteiger partial charge in [-0.15, -0.1) is 23.1 Å². The third kappa shape index (κ3) is 4.51. The molecule has 0 radical (unpaired) electrons. The van der Waals surface area contributed by atoms with Crippen LogP contribution in [0, 0.1) is 0 Å². The monoisotopic (exact) mass is 474 g/mol. The zero-order valence-corrected chi connectivity index (χ0v) is 18.2. The smallest absolute Gasteiger partial charge is 0.252 e. The van der Waals surface area contributed by atoms with Crippen LogP contribution >= 0.6 is 39.0 Å². The SMILES string of the molecule is CC(Sc1ccccc1)C(=O)N1CCN(S(=O)(=O)c2ccc(Br)s2)CC1. The van der Waals surface area contributed by atoms with Gasteiger partial charge in [0.05, 0.1) is 9.04 Å². The van der Waals surface area contributed by atoms with E-state index in [2.05, 4.69) is 15.9 Å². The van der Waals surface area contributed by atoms with Gasteiger partial charge in [0.1, 0.15) is 4.21 Å². The minimum absolute atomic E-state index is 0.0507. The summed E-state index contributed by atoms with van der Waals surface area (Å²) in [6.07, 6.45) is 0. The summed E-state index contributed by atoms with van der Waals surface area (Å²) in [5, 5.41) is -0.200. The summed E-state index contributed by atoms with van der Waals surface area (Å²) in [6, 6.07) is 13.2. The molecule has 140 valence electrons. The van der Waals surface area contributed by atoms with Crippen molar-refractivity contribution in [2.45, 2.75) is 21.3 Å². The Morgan fingerprint density at radius 1 is 1.12 bits per heavy atom. The van der Waals surface area contributed by atoms with Crippen molar-refractivity contribution in [3.05, 3.63) is 46.3 Å². The summed E-state index contributed by atoms with van der Waals surface area (Å²) >= 11 is 6.03. The molecule has 1 aliphatic heterocycles. The lowest BCUT2D eigenvalue weighted by Crippen LogP contribution is -2.52. The van der Waals surface area contributed by atoms with Gasteiger partial charge >= 0.3 is 0 Å². The minimum atomic E-state index is -3.48. The highest BCUT2D eigenvalue weighted by atomic mass is 79.9. The van der Waals surface area contributed by atoms with E-state index in [4.69, 9.17) is 0 Å². The summed E-state index contributed by atoms with van der Waals surface area (Å²) in [5.74, 6) is 0.0507. The number of sulfonamides is 1. The Morgan fingerprint density at radius 2 is 1.77 bits per heavy atom. The normalized spacial score (nSPS) is 17.2. The van der Waals surface area contributed by atoms with Crippen LogP contribution in [0.3, 0.4) is 0 Å². The summed E-state index contributed by atoms with van der Waals surface area (Å²) in [5.41, 5.74) is 0. The molecule has 0 N–H and O–H groups in total. The third-order valence-corrected chi connectivity index (χ3v) is 9.19. The molecule has 1 aromatic heterocycles. The van der Waals surface area contributed by atoms with E-state index in [0.29, 0.717) is 30.4 Å². The second-order valence-electron chi connectivity index (χ2n) is 5.86. The van der Waals surface area contributed by atoms with Crippen LogP contribution in [0.25, 0.3) is 0 Å².